The van der Waals surface area contributed by atoms with Gasteiger partial charge in [0, 0.05) is 35.6 Å². The molecule has 1 N–H and O–H groups in total. The average molecular weight is 332 g/mol. The Morgan fingerprint density at radius 1 is 1.17 bits per heavy atom. The molecule has 1 aromatic carbocycles. The van der Waals surface area contributed by atoms with Gasteiger partial charge < -0.3 is 10.2 Å². The van der Waals surface area contributed by atoms with Crippen LogP contribution in [-0.2, 0) is 0 Å². The lowest BCUT2D eigenvalue weighted by atomic mass is 10.0. The van der Waals surface area contributed by atoms with Crippen molar-refractivity contribution in [3.05, 3.63) is 58.0 Å². The molecule has 6 heteroatoms. The minimum Gasteiger partial charge on any atom is -0.349 e. The largest absolute Gasteiger partial charge is 0.349 e. The van der Waals surface area contributed by atoms with Crippen LogP contribution < -0.4 is 5.32 Å². The number of piperidine rings is 1. The second-order valence-electron chi connectivity index (χ2n) is 5.56. The number of hydrogen-bond donors (Lipinski definition) is 1. The van der Waals surface area contributed by atoms with Crippen LogP contribution in [0.5, 0.6) is 0 Å². The van der Waals surface area contributed by atoms with Gasteiger partial charge >= 0.3 is 0 Å². The first-order chi connectivity index (χ1) is 11.1. The van der Waals surface area contributed by atoms with E-state index in [1.54, 1.807) is 17.0 Å². The van der Waals surface area contributed by atoms with Crippen LogP contribution in [0.15, 0.2) is 41.1 Å². The Labute approximate surface area is 137 Å². The van der Waals surface area contributed by atoms with Crippen LogP contribution in [-0.4, -0.2) is 35.8 Å². The molecule has 2 amide bonds. The molecule has 0 saturated carbocycles. The van der Waals surface area contributed by atoms with Crippen molar-refractivity contribution in [1.29, 1.82) is 0 Å². The molecule has 1 fully saturated rings. The number of likely N-dealkylation sites (tertiary alicyclic amines) is 1. The van der Waals surface area contributed by atoms with E-state index in [0.717, 1.165) is 0 Å². The van der Waals surface area contributed by atoms with Crippen LogP contribution in [0.4, 0.5) is 4.39 Å². The van der Waals surface area contributed by atoms with Crippen LogP contribution in [0.25, 0.3) is 0 Å². The highest BCUT2D eigenvalue weighted by Crippen LogP contribution is 2.16. The first-order valence-corrected chi connectivity index (χ1v) is 8.45. The number of carbonyl (C=O) groups excluding carboxylic acids is 2. The van der Waals surface area contributed by atoms with Gasteiger partial charge in [0.2, 0.25) is 0 Å². The van der Waals surface area contributed by atoms with Gasteiger partial charge in [-0.1, -0.05) is 6.07 Å². The number of amides is 2. The third-order valence-electron chi connectivity index (χ3n) is 3.97. The maximum Gasteiger partial charge on any atom is 0.253 e. The fourth-order valence-corrected chi connectivity index (χ4v) is 3.33. The second-order valence-corrected chi connectivity index (χ2v) is 6.34. The SMILES string of the molecule is O=C(NC1CCN(C(=O)c2cccc(F)c2)CC1)c1ccsc1. The van der Waals surface area contributed by atoms with Gasteiger partial charge in [0.25, 0.3) is 11.8 Å². The van der Waals surface area contributed by atoms with Crippen LogP contribution >= 0.6 is 11.3 Å². The predicted molar refractivity (Wildman–Crippen MR) is 87.1 cm³/mol. The molecule has 1 aromatic heterocycles. The summed E-state index contributed by atoms with van der Waals surface area (Å²) in [7, 11) is 0. The molecule has 23 heavy (non-hydrogen) atoms. The molecule has 0 bridgehead atoms. The van der Waals surface area contributed by atoms with Crippen molar-refractivity contribution in [2.45, 2.75) is 18.9 Å². The molecule has 0 unspecified atom stereocenters. The van der Waals surface area contributed by atoms with Crippen LogP contribution in [0, 0.1) is 5.82 Å². The molecule has 2 heterocycles. The molecule has 120 valence electrons. The highest BCUT2D eigenvalue weighted by atomic mass is 32.1. The van der Waals surface area contributed by atoms with E-state index in [1.807, 2.05) is 10.8 Å². The van der Waals surface area contributed by atoms with Crippen molar-refractivity contribution in [3.63, 3.8) is 0 Å². The molecule has 0 aliphatic carbocycles. The van der Waals surface area contributed by atoms with E-state index in [1.165, 1.54) is 29.5 Å². The standard InChI is InChI=1S/C17H17FN2O2S/c18-14-3-1-2-12(10-14)17(22)20-7-4-15(5-8-20)19-16(21)13-6-9-23-11-13/h1-3,6,9-11,15H,4-5,7-8H2,(H,19,21). The molecule has 1 aliphatic heterocycles. The summed E-state index contributed by atoms with van der Waals surface area (Å²) < 4.78 is 13.2. The normalized spacial score (nSPS) is 15.4. The van der Waals surface area contributed by atoms with Crippen molar-refractivity contribution in [2.75, 3.05) is 13.1 Å². The summed E-state index contributed by atoms with van der Waals surface area (Å²) in [6.45, 7) is 1.12. The number of hydrogen-bond acceptors (Lipinski definition) is 3. The van der Waals surface area contributed by atoms with Gasteiger partial charge in [-0.05, 0) is 42.5 Å². The zero-order valence-electron chi connectivity index (χ0n) is 12.5. The lowest BCUT2D eigenvalue weighted by molar-refractivity contribution is 0.0697. The zero-order valence-corrected chi connectivity index (χ0v) is 13.3. The minimum absolute atomic E-state index is 0.0684. The molecule has 0 spiro atoms. The van der Waals surface area contributed by atoms with Gasteiger partial charge in [-0.25, -0.2) is 4.39 Å². The Balaban J connectivity index is 1.54. The van der Waals surface area contributed by atoms with Crippen molar-refractivity contribution in [2.24, 2.45) is 0 Å². The summed E-state index contributed by atoms with van der Waals surface area (Å²) in [5.41, 5.74) is 1.04. The third-order valence-corrected chi connectivity index (χ3v) is 4.66. The third kappa shape index (κ3) is 3.76. The van der Waals surface area contributed by atoms with Gasteiger partial charge in [0.1, 0.15) is 5.82 Å². The summed E-state index contributed by atoms with van der Waals surface area (Å²) >= 11 is 1.49. The van der Waals surface area contributed by atoms with E-state index in [2.05, 4.69) is 5.32 Å². The first-order valence-electron chi connectivity index (χ1n) is 7.51. The maximum atomic E-state index is 13.2. The van der Waals surface area contributed by atoms with Crippen molar-refractivity contribution >= 4 is 23.2 Å². The molecule has 0 atom stereocenters. The number of rotatable bonds is 3. The Kier molecular flexibility index (Phi) is 4.71. The van der Waals surface area contributed by atoms with E-state index in [9.17, 15) is 14.0 Å². The molecular formula is C17H17FN2O2S. The Morgan fingerprint density at radius 2 is 1.96 bits per heavy atom. The average Bonchev–Trinajstić information content (AvgIpc) is 3.09. The fourth-order valence-electron chi connectivity index (χ4n) is 2.69. The lowest BCUT2D eigenvalue weighted by Crippen LogP contribution is -2.46. The maximum absolute atomic E-state index is 13.2. The number of carbonyl (C=O) groups is 2. The Hall–Kier alpha value is -2.21. The number of nitrogens with zero attached hydrogens (tertiary/aromatic N) is 1. The van der Waals surface area contributed by atoms with Crippen molar-refractivity contribution < 1.29 is 14.0 Å². The van der Waals surface area contributed by atoms with E-state index < -0.39 is 5.82 Å². The zero-order chi connectivity index (χ0) is 16.2. The number of thiophene rings is 1. The molecule has 1 aliphatic rings. The Morgan fingerprint density at radius 3 is 2.61 bits per heavy atom. The quantitative estimate of drug-likeness (QED) is 0.939. The van der Waals surface area contributed by atoms with Crippen LogP contribution in [0.2, 0.25) is 0 Å². The second kappa shape index (κ2) is 6.91. The van der Waals surface area contributed by atoms with Gasteiger partial charge in [-0.3, -0.25) is 9.59 Å². The highest BCUT2D eigenvalue weighted by molar-refractivity contribution is 7.08. The number of halogens is 1. The van der Waals surface area contributed by atoms with E-state index >= 15 is 0 Å². The van der Waals surface area contributed by atoms with E-state index in [0.29, 0.717) is 37.1 Å². The molecule has 4 nitrogen and oxygen atoms in total. The van der Waals surface area contributed by atoms with Crippen molar-refractivity contribution in [1.82, 2.24) is 10.2 Å². The van der Waals surface area contributed by atoms with Gasteiger partial charge in [-0.15, -0.1) is 0 Å². The molecular weight excluding hydrogens is 315 g/mol. The number of nitrogens with one attached hydrogen (secondary N) is 1. The summed E-state index contributed by atoms with van der Waals surface area (Å²) in [5, 5.41) is 6.69. The van der Waals surface area contributed by atoms with Crippen LogP contribution in [0.1, 0.15) is 33.6 Å². The molecule has 0 radical (unpaired) electrons. The first kappa shape index (κ1) is 15.7. The van der Waals surface area contributed by atoms with Gasteiger partial charge in [0.05, 0.1) is 0 Å². The minimum atomic E-state index is -0.409. The molecule has 3 rings (SSSR count). The summed E-state index contributed by atoms with van der Waals surface area (Å²) in [4.78, 5) is 26.1. The monoisotopic (exact) mass is 332 g/mol. The summed E-state index contributed by atoms with van der Waals surface area (Å²) in [6.07, 6.45) is 1.41. The van der Waals surface area contributed by atoms with E-state index in [-0.39, 0.29) is 17.9 Å². The number of benzene rings is 1. The van der Waals surface area contributed by atoms with Gasteiger partial charge in [-0.2, -0.15) is 11.3 Å². The molecule has 1 saturated heterocycles. The van der Waals surface area contributed by atoms with E-state index in [4.69, 9.17) is 0 Å². The Bertz CT molecular complexity index is 694. The lowest BCUT2D eigenvalue weighted by Gasteiger charge is -2.32. The summed E-state index contributed by atoms with van der Waals surface area (Å²) in [5.74, 6) is -0.637. The fraction of sp³-hybridized carbons (Fsp3) is 0.294. The smallest absolute Gasteiger partial charge is 0.253 e. The van der Waals surface area contributed by atoms with Gasteiger partial charge in [0.15, 0.2) is 0 Å². The topological polar surface area (TPSA) is 49.4 Å². The highest BCUT2D eigenvalue weighted by Gasteiger charge is 2.25. The van der Waals surface area contributed by atoms with Crippen molar-refractivity contribution in [3.8, 4) is 0 Å². The predicted octanol–water partition coefficient (Wildman–Crippen LogP) is 2.92. The molecule has 2 aromatic rings. The van der Waals surface area contributed by atoms with Crippen LogP contribution in [0.3, 0.4) is 0 Å². The summed E-state index contributed by atoms with van der Waals surface area (Å²) in [6, 6.07) is 7.60.